The summed E-state index contributed by atoms with van der Waals surface area (Å²) >= 11 is 0. The highest BCUT2D eigenvalue weighted by atomic mass is 16.2. The molecule has 0 aromatic heterocycles. The molecule has 0 bridgehead atoms. The lowest BCUT2D eigenvalue weighted by atomic mass is 9.69. The largest absolute Gasteiger partial charge is 0.332 e. The van der Waals surface area contributed by atoms with Crippen molar-refractivity contribution in [3.8, 4) is 0 Å². The minimum atomic E-state index is -0.905. The van der Waals surface area contributed by atoms with Crippen LogP contribution in [-0.4, -0.2) is 50.8 Å². The molecule has 2 aliphatic rings. The monoisotopic (exact) mass is 379 g/mol. The van der Waals surface area contributed by atoms with Crippen LogP contribution < -0.4 is 5.32 Å². The van der Waals surface area contributed by atoms with Crippen LogP contribution in [0.15, 0.2) is 0 Å². The van der Waals surface area contributed by atoms with Crippen molar-refractivity contribution >= 4 is 17.8 Å². The summed E-state index contributed by atoms with van der Waals surface area (Å²) in [5.41, 5.74) is -1.92. The van der Waals surface area contributed by atoms with Crippen LogP contribution in [0, 0.1) is 0 Å². The second-order valence-electron chi connectivity index (χ2n) is 9.57. The molecule has 0 aromatic carbocycles. The normalized spacial score (nSPS) is 23.0. The van der Waals surface area contributed by atoms with Gasteiger partial charge in [0.2, 0.25) is 5.91 Å². The molecule has 6 heteroatoms. The zero-order valence-corrected chi connectivity index (χ0v) is 18.0. The number of piperidine rings is 1. The van der Waals surface area contributed by atoms with Crippen LogP contribution in [-0.2, 0) is 9.59 Å². The van der Waals surface area contributed by atoms with Crippen LogP contribution in [0.2, 0.25) is 0 Å². The van der Waals surface area contributed by atoms with Gasteiger partial charge in [-0.15, -0.1) is 0 Å². The summed E-state index contributed by atoms with van der Waals surface area (Å²) in [4.78, 5) is 41.3. The molecule has 0 aliphatic carbocycles. The number of imide groups is 1. The SMILES string of the molecule is CCCCCCCCN1C(=O)NC2(CC(C)(C)N(C(C)=O)C(C)(C)C2)C1=O. The molecule has 6 nitrogen and oxygen atoms in total. The fourth-order valence-corrected chi connectivity index (χ4v) is 5.54. The maximum atomic E-state index is 13.3. The number of unbranched alkanes of at least 4 members (excludes halogenated alkanes) is 5. The van der Waals surface area contributed by atoms with Crippen molar-refractivity contribution in [2.75, 3.05) is 6.54 Å². The van der Waals surface area contributed by atoms with Crippen molar-refractivity contribution in [3.05, 3.63) is 0 Å². The molecule has 2 rings (SSSR count). The van der Waals surface area contributed by atoms with E-state index in [1.807, 2.05) is 32.6 Å². The Balaban J connectivity index is 2.09. The number of likely N-dealkylation sites (tertiary alicyclic amines) is 1. The van der Waals surface area contributed by atoms with Crippen molar-refractivity contribution in [1.82, 2.24) is 15.1 Å². The highest BCUT2D eigenvalue weighted by molar-refractivity contribution is 6.07. The second-order valence-corrected chi connectivity index (χ2v) is 9.57. The van der Waals surface area contributed by atoms with Gasteiger partial charge in [0.25, 0.3) is 5.91 Å². The minimum Gasteiger partial charge on any atom is -0.332 e. The molecule has 1 N–H and O–H groups in total. The molecule has 2 aliphatic heterocycles. The Kier molecular flexibility index (Phi) is 6.27. The maximum absolute atomic E-state index is 13.3. The summed E-state index contributed by atoms with van der Waals surface area (Å²) in [7, 11) is 0. The number of carbonyl (C=O) groups is 3. The lowest BCUT2D eigenvalue weighted by Crippen LogP contribution is -2.70. The molecule has 0 saturated carbocycles. The number of nitrogens with zero attached hydrogens (tertiary/aromatic N) is 2. The second kappa shape index (κ2) is 7.80. The number of hydrogen-bond acceptors (Lipinski definition) is 3. The molecule has 0 aromatic rings. The zero-order chi connectivity index (χ0) is 20.5. The van der Waals surface area contributed by atoms with E-state index in [2.05, 4.69) is 12.2 Å². The Morgan fingerprint density at radius 3 is 2.00 bits per heavy atom. The molecule has 2 fully saturated rings. The number of urea groups is 1. The van der Waals surface area contributed by atoms with Crippen LogP contribution in [0.5, 0.6) is 0 Å². The molecule has 2 saturated heterocycles. The van der Waals surface area contributed by atoms with Crippen LogP contribution in [0.1, 0.15) is 92.9 Å². The molecule has 0 atom stereocenters. The highest BCUT2D eigenvalue weighted by Gasteiger charge is 2.61. The average molecular weight is 380 g/mol. The topological polar surface area (TPSA) is 69.7 Å². The molecular formula is C21H37N3O3. The van der Waals surface area contributed by atoms with Crippen molar-refractivity contribution in [2.45, 2.75) is 110 Å². The first-order chi connectivity index (χ1) is 12.5. The molecule has 4 amide bonds. The Labute approximate surface area is 164 Å². The van der Waals surface area contributed by atoms with Crippen LogP contribution >= 0.6 is 0 Å². The van der Waals surface area contributed by atoms with E-state index >= 15 is 0 Å². The summed E-state index contributed by atoms with van der Waals surface area (Å²) < 4.78 is 0. The lowest BCUT2D eigenvalue weighted by molar-refractivity contribution is -0.156. The molecule has 2 heterocycles. The van der Waals surface area contributed by atoms with Gasteiger partial charge >= 0.3 is 6.03 Å². The summed E-state index contributed by atoms with van der Waals surface area (Å²) in [6.07, 6.45) is 7.59. The van der Waals surface area contributed by atoms with E-state index in [9.17, 15) is 14.4 Å². The van der Waals surface area contributed by atoms with E-state index in [1.165, 1.54) is 24.2 Å². The highest BCUT2D eigenvalue weighted by Crippen LogP contribution is 2.46. The lowest BCUT2D eigenvalue weighted by Gasteiger charge is -2.57. The van der Waals surface area contributed by atoms with Gasteiger partial charge in [-0.25, -0.2) is 4.79 Å². The third-order valence-corrected chi connectivity index (χ3v) is 5.98. The minimum absolute atomic E-state index is 0.000517. The van der Waals surface area contributed by atoms with Gasteiger partial charge in [0.05, 0.1) is 0 Å². The van der Waals surface area contributed by atoms with Gasteiger partial charge in [-0.3, -0.25) is 14.5 Å². The van der Waals surface area contributed by atoms with E-state index in [0.29, 0.717) is 19.4 Å². The fraction of sp³-hybridized carbons (Fsp3) is 0.857. The Morgan fingerprint density at radius 1 is 0.963 bits per heavy atom. The third-order valence-electron chi connectivity index (χ3n) is 5.98. The molecular weight excluding hydrogens is 342 g/mol. The van der Waals surface area contributed by atoms with Gasteiger partial charge in [-0.1, -0.05) is 39.0 Å². The van der Waals surface area contributed by atoms with Gasteiger partial charge in [-0.2, -0.15) is 0 Å². The van der Waals surface area contributed by atoms with E-state index < -0.39 is 16.6 Å². The van der Waals surface area contributed by atoms with Gasteiger partial charge in [0, 0.05) is 37.4 Å². The molecule has 0 unspecified atom stereocenters. The van der Waals surface area contributed by atoms with Gasteiger partial charge in [0.15, 0.2) is 0 Å². The number of amides is 4. The van der Waals surface area contributed by atoms with Crippen molar-refractivity contribution < 1.29 is 14.4 Å². The van der Waals surface area contributed by atoms with E-state index in [-0.39, 0.29) is 17.8 Å². The first-order valence-corrected chi connectivity index (χ1v) is 10.4. The molecule has 154 valence electrons. The van der Waals surface area contributed by atoms with Crippen LogP contribution in [0.3, 0.4) is 0 Å². The van der Waals surface area contributed by atoms with Gasteiger partial charge in [0.1, 0.15) is 5.54 Å². The summed E-state index contributed by atoms with van der Waals surface area (Å²) in [6.45, 7) is 12.2. The smallest absolute Gasteiger partial charge is 0.325 e. The molecule has 27 heavy (non-hydrogen) atoms. The third kappa shape index (κ3) is 4.30. The number of nitrogens with one attached hydrogen (secondary N) is 1. The van der Waals surface area contributed by atoms with Crippen LogP contribution in [0.4, 0.5) is 4.79 Å². The van der Waals surface area contributed by atoms with E-state index in [4.69, 9.17) is 0 Å². The predicted octanol–water partition coefficient (Wildman–Crippen LogP) is 3.84. The van der Waals surface area contributed by atoms with Gasteiger partial charge < -0.3 is 10.2 Å². The zero-order valence-electron chi connectivity index (χ0n) is 18.0. The Bertz CT molecular complexity index is 579. The quantitative estimate of drug-likeness (QED) is 0.540. The van der Waals surface area contributed by atoms with Crippen molar-refractivity contribution in [2.24, 2.45) is 0 Å². The number of hydrogen-bond donors (Lipinski definition) is 1. The fourth-order valence-electron chi connectivity index (χ4n) is 5.54. The number of rotatable bonds is 7. The summed E-state index contributed by atoms with van der Waals surface area (Å²) in [5, 5.41) is 3.00. The summed E-state index contributed by atoms with van der Waals surface area (Å²) in [5.74, 6) is -0.119. The maximum Gasteiger partial charge on any atom is 0.325 e. The van der Waals surface area contributed by atoms with E-state index in [1.54, 1.807) is 6.92 Å². The molecule has 1 spiro atoms. The number of carbonyl (C=O) groups excluding carboxylic acids is 3. The summed E-state index contributed by atoms with van der Waals surface area (Å²) in [6, 6.07) is -0.281. The van der Waals surface area contributed by atoms with Crippen molar-refractivity contribution in [1.29, 1.82) is 0 Å². The Hall–Kier alpha value is -1.59. The predicted molar refractivity (Wildman–Crippen MR) is 106 cm³/mol. The first-order valence-electron chi connectivity index (χ1n) is 10.4. The van der Waals surface area contributed by atoms with E-state index in [0.717, 1.165) is 19.3 Å². The standard InChI is InChI=1S/C21H37N3O3/c1-7-8-9-10-11-12-13-23-17(26)21(22-18(23)27)14-19(3,4)24(16(2)25)20(5,6)15-21/h7-15H2,1-6H3,(H,22,27). The molecule has 0 radical (unpaired) electrons. The van der Waals surface area contributed by atoms with Crippen LogP contribution in [0.25, 0.3) is 0 Å². The average Bonchev–Trinajstić information content (AvgIpc) is 2.70. The Morgan fingerprint density at radius 2 is 1.48 bits per heavy atom. The van der Waals surface area contributed by atoms with Gasteiger partial charge in [-0.05, 0) is 34.1 Å². The van der Waals surface area contributed by atoms with Crippen molar-refractivity contribution in [3.63, 3.8) is 0 Å². The first kappa shape index (κ1) is 21.7.